The second kappa shape index (κ2) is 5.28. The molecule has 0 aliphatic heterocycles. The molecule has 0 unspecified atom stereocenters. The molecule has 3 rings (SSSR count). The molecule has 0 aromatic carbocycles. The van der Waals surface area contributed by atoms with E-state index in [1.54, 1.807) is 17.5 Å². The van der Waals surface area contributed by atoms with Crippen molar-refractivity contribution in [3.8, 4) is 0 Å². The molecule has 0 radical (unpaired) electrons. The Hall–Kier alpha value is -1.43. The first-order valence-electron chi connectivity index (χ1n) is 5.97. The molecule has 0 aliphatic carbocycles. The molecule has 3 aromatic heterocycles. The van der Waals surface area contributed by atoms with Crippen LogP contribution in [-0.4, -0.2) is 14.4 Å². The first kappa shape index (κ1) is 12.6. The van der Waals surface area contributed by atoms with E-state index < -0.39 is 0 Å². The summed E-state index contributed by atoms with van der Waals surface area (Å²) in [5, 5.41) is 6.01. The number of rotatable bonds is 4. The van der Waals surface area contributed by atoms with E-state index in [2.05, 4.69) is 32.0 Å². The predicted octanol–water partition coefficient (Wildman–Crippen LogP) is 3.04. The van der Waals surface area contributed by atoms with Crippen molar-refractivity contribution in [1.82, 2.24) is 19.7 Å². The van der Waals surface area contributed by atoms with E-state index >= 15 is 0 Å². The van der Waals surface area contributed by atoms with Crippen LogP contribution in [0.1, 0.15) is 17.1 Å². The van der Waals surface area contributed by atoms with Gasteiger partial charge in [0.25, 0.3) is 0 Å². The molecule has 0 amide bonds. The van der Waals surface area contributed by atoms with Crippen molar-refractivity contribution in [2.24, 2.45) is 0 Å². The van der Waals surface area contributed by atoms with E-state index in [4.69, 9.17) is 11.6 Å². The van der Waals surface area contributed by atoms with Crippen LogP contribution in [0.4, 0.5) is 0 Å². The van der Waals surface area contributed by atoms with E-state index in [9.17, 15) is 0 Å². The van der Waals surface area contributed by atoms with E-state index in [1.807, 2.05) is 18.2 Å². The molecule has 3 aromatic rings. The van der Waals surface area contributed by atoms with Crippen LogP contribution in [0, 0.1) is 6.92 Å². The van der Waals surface area contributed by atoms with Gasteiger partial charge >= 0.3 is 0 Å². The fourth-order valence-electron chi connectivity index (χ4n) is 2.00. The highest BCUT2D eigenvalue weighted by Gasteiger charge is 2.12. The molecule has 3 heterocycles. The summed E-state index contributed by atoms with van der Waals surface area (Å²) in [6, 6.07) is 5.89. The highest BCUT2D eigenvalue weighted by molar-refractivity contribution is 7.15. The van der Waals surface area contributed by atoms with Crippen molar-refractivity contribution in [3.05, 3.63) is 52.0 Å². The molecular formula is C13H13ClN4S. The Morgan fingerprint density at radius 1 is 1.37 bits per heavy atom. The van der Waals surface area contributed by atoms with Crippen LogP contribution in [0.25, 0.3) is 4.96 Å². The summed E-state index contributed by atoms with van der Waals surface area (Å²) in [7, 11) is 0. The molecule has 0 bridgehead atoms. The van der Waals surface area contributed by atoms with Gasteiger partial charge in [0.05, 0.1) is 11.4 Å². The Bertz CT molecular complexity index is 689. The third-order valence-corrected chi connectivity index (χ3v) is 4.15. The first-order chi connectivity index (χ1) is 9.25. The van der Waals surface area contributed by atoms with E-state index in [1.165, 1.54) is 0 Å². The standard InChI is InChI=1S/C13H13ClN4S/c1-9-8-19-13-17-12(14)11(18(9)13)7-15-6-10-4-2-3-5-16-10/h2-5,8,15H,6-7H2,1H3. The number of hydrogen-bond acceptors (Lipinski definition) is 4. The van der Waals surface area contributed by atoms with Gasteiger partial charge in [-0.25, -0.2) is 4.98 Å². The number of hydrogen-bond donors (Lipinski definition) is 1. The fourth-order valence-corrected chi connectivity index (χ4v) is 3.17. The SMILES string of the molecule is Cc1csc2nc(Cl)c(CNCc3ccccn3)n12. The van der Waals surface area contributed by atoms with Crippen molar-refractivity contribution < 1.29 is 0 Å². The number of aryl methyl sites for hydroxylation is 1. The summed E-state index contributed by atoms with van der Waals surface area (Å²) < 4.78 is 2.10. The van der Waals surface area contributed by atoms with Gasteiger partial charge in [-0.1, -0.05) is 17.7 Å². The van der Waals surface area contributed by atoms with Crippen LogP contribution < -0.4 is 5.32 Å². The molecule has 0 atom stereocenters. The number of thiazole rings is 1. The van der Waals surface area contributed by atoms with Crippen molar-refractivity contribution in [2.75, 3.05) is 0 Å². The number of halogens is 1. The zero-order chi connectivity index (χ0) is 13.2. The molecule has 6 heteroatoms. The van der Waals surface area contributed by atoms with E-state index in [0.29, 0.717) is 18.2 Å². The maximum Gasteiger partial charge on any atom is 0.195 e. The molecule has 19 heavy (non-hydrogen) atoms. The Kier molecular flexibility index (Phi) is 3.50. The lowest BCUT2D eigenvalue weighted by Gasteiger charge is -2.05. The Labute approximate surface area is 120 Å². The molecule has 0 spiro atoms. The van der Waals surface area contributed by atoms with Crippen molar-refractivity contribution in [1.29, 1.82) is 0 Å². The Balaban J connectivity index is 1.75. The van der Waals surface area contributed by atoms with Crippen LogP contribution >= 0.6 is 22.9 Å². The van der Waals surface area contributed by atoms with Gasteiger partial charge in [0.1, 0.15) is 0 Å². The van der Waals surface area contributed by atoms with Crippen LogP contribution in [0.5, 0.6) is 0 Å². The number of imidazole rings is 1. The van der Waals surface area contributed by atoms with Gasteiger partial charge in [0.15, 0.2) is 10.1 Å². The number of nitrogens with one attached hydrogen (secondary N) is 1. The third-order valence-electron chi connectivity index (χ3n) is 2.91. The van der Waals surface area contributed by atoms with Crippen molar-refractivity contribution >= 4 is 27.9 Å². The van der Waals surface area contributed by atoms with Gasteiger partial charge in [-0.05, 0) is 19.1 Å². The van der Waals surface area contributed by atoms with Gasteiger partial charge in [0.2, 0.25) is 0 Å². The van der Waals surface area contributed by atoms with Gasteiger partial charge in [-0.2, -0.15) is 0 Å². The zero-order valence-corrected chi connectivity index (χ0v) is 12.0. The summed E-state index contributed by atoms with van der Waals surface area (Å²) in [4.78, 5) is 9.57. The van der Waals surface area contributed by atoms with Crippen molar-refractivity contribution in [3.63, 3.8) is 0 Å². The molecule has 0 aliphatic rings. The summed E-state index contributed by atoms with van der Waals surface area (Å²) in [6.07, 6.45) is 1.80. The highest BCUT2D eigenvalue weighted by atomic mass is 35.5. The minimum absolute atomic E-state index is 0.573. The lowest BCUT2D eigenvalue weighted by molar-refractivity contribution is 0.663. The number of nitrogens with zero attached hydrogens (tertiary/aromatic N) is 3. The van der Waals surface area contributed by atoms with Gasteiger partial charge in [0, 0.05) is 30.4 Å². The van der Waals surface area contributed by atoms with Gasteiger partial charge in [-0.3, -0.25) is 9.38 Å². The van der Waals surface area contributed by atoms with Gasteiger partial charge < -0.3 is 5.32 Å². The van der Waals surface area contributed by atoms with Crippen LogP contribution in [-0.2, 0) is 13.1 Å². The minimum atomic E-state index is 0.573. The second-order valence-electron chi connectivity index (χ2n) is 4.27. The summed E-state index contributed by atoms with van der Waals surface area (Å²) in [6.45, 7) is 3.45. The molecular weight excluding hydrogens is 280 g/mol. The minimum Gasteiger partial charge on any atom is -0.305 e. The van der Waals surface area contributed by atoms with Crippen LogP contribution in [0.3, 0.4) is 0 Å². The highest BCUT2D eigenvalue weighted by Crippen LogP contribution is 2.23. The maximum atomic E-state index is 6.18. The van der Waals surface area contributed by atoms with Crippen LogP contribution in [0.15, 0.2) is 29.8 Å². The Morgan fingerprint density at radius 2 is 2.26 bits per heavy atom. The predicted molar refractivity (Wildman–Crippen MR) is 77.6 cm³/mol. The second-order valence-corrected chi connectivity index (χ2v) is 5.46. The number of pyridine rings is 1. The largest absolute Gasteiger partial charge is 0.305 e. The lowest BCUT2D eigenvalue weighted by atomic mass is 10.3. The molecule has 4 nitrogen and oxygen atoms in total. The molecule has 0 saturated carbocycles. The molecule has 1 N–H and O–H groups in total. The maximum absolute atomic E-state index is 6.18. The Morgan fingerprint density at radius 3 is 3.05 bits per heavy atom. The summed E-state index contributed by atoms with van der Waals surface area (Å²) in [5.74, 6) is 0. The average molecular weight is 293 g/mol. The fraction of sp³-hybridized carbons (Fsp3) is 0.231. The normalized spacial score (nSPS) is 11.3. The molecule has 98 valence electrons. The summed E-state index contributed by atoms with van der Waals surface area (Å²) >= 11 is 7.79. The number of fused-ring (bicyclic) bond motifs is 1. The van der Waals surface area contributed by atoms with Gasteiger partial charge in [-0.15, -0.1) is 11.3 Å². The first-order valence-corrected chi connectivity index (χ1v) is 7.23. The lowest BCUT2D eigenvalue weighted by Crippen LogP contribution is -2.15. The van der Waals surface area contributed by atoms with E-state index in [0.717, 1.165) is 22.0 Å². The number of aromatic nitrogens is 3. The summed E-state index contributed by atoms with van der Waals surface area (Å²) in [5.41, 5.74) is 3.18. The molecule has 0 fully saturated rings. The van der Waals surface area contributed by atoms with E-state index in [-0.39, 0.29) is 0 Å². The monoisotopic (exact) mass is 292 g/mol. The van der Waals surface area contributed by atoms with Crippen LogP contribution in [0.2, 0.25) is 5.15 Å². The van der Waals surface area contributed by atoms with Crippen molar-refractivity contribution in [2.45, 2.75) is 20.0 Å². The third kappa shape index (κ3) is 2.49. The zero-order valence-electron chi connectivity index (χ0n) is 10.4. The average Bonchev–Trinajstić information content (AvgIpc) is 2.92. The molecule has 0 saturated heterocycles. The quantitative estimate of drug-likeness (QED) is 0.804. The topological polar surface area (TPSA) is 42.2 Å². The smallest absolute Gasteiger partial charge is 0.195 e.